The molecule has 0 saturated carbocycles. The summed E-state index contributed by atoms with van der Waals surface area (Å²) in [7, 11) is 0. The monoisotopic (exact) mass is 756 g/mol. The van der Waals surface area contributed by atoms with E-state index in [1.807, 2.05) is 78.9 Å². The van der Waals surface area contributed by atoms with E-state index in [0.717, 1.165) is 50.2 Å². The van der Waals surface area contributed by atoms with E-state index in [0.29, 0.717) is 28.9 Å². The van der Waals surface area contributed by atoms with Gasteiger partial charge in [0.25, 0.3) is 0 Å². The summed E-state index contributed by atoms with van der Waals surface area (Å²) in [5, 5.41) is 4.90. The highest BCUT2D eigenvalue weighted by atomic mass is 16.3. The van der Waals surface area contributed by atoms with E-state index in [2.05, 4.69) is 124 Å². The lowest BCUT2D eigenvalue weighted by molar-refractivity contribution is 0.620. The third kappa shape index (κ3) is 5.44. The summed E-state index contributed by atoms with van der Waals surface area (Å²) >= 11 is 0. The fourth-order valence-corrected chi connectivity index (χ4v) is 8.45. The van der Waals surface area contributed by atoms with Crippen LogP contribution in [0.4, 0.5) is 0 Å². The lowest BCUT2D eigenvalue weighted by atomic mass is 10.1. The van der Waals surface area contributed by atoms with Gasteiger partial charge in [-0.15, -0.1) is 0 Å². The molecule has 0 spiro atoms. The number of nitrogens with zero attached hydrogens (tertiary/aromatic N) is 6. The Hall–Kier alpha value is -8.16. The first-order valence-electron chi connectivity index (χ1n) is 19.6. The van der Waals surface area contributed by atoms with Crippen molar-refractivity contribution in [3.05, 3.63) is 194 Å². The molecule has 0 unspecified atom stereocenters. The summed E-state index contributed by atoms with van der Waals surface area (Å²) in [6.07, 6.45) is 0. The number of para-hydroxylation sites is 3. The average molecular weight is 757 g/mol. The summed E-state index contributed by atoms with van der Waals surface area (Å²) in [4.78, 5) is 19.6. The zero-order valence-electron chi connectivity index (χ0n) is 31.6. The van der Waals surface area contributed by atoms with Gasteiger partial charge in [0, 0.05) is 55.2 Å². The molecule has 276 valence electrons. The molecule has 0 bridgehead atoms. The van der Waals surface area contributed by atoms with Crippen LogP contribution < -0.4 is 0 Å². The van der Waals surface area contributed by atoms with E-state index in [9.17, 15) is 0 Å². The van der Waals surface area contributed by atoms with Gasteiger partial charge < -0.3 is 13.6 Å². The second-order valence-corrected chi connectivity index (χ2v) is 14.7. The molecule has 7 nitrogen and oxygen atoms in total. The minimum Gasteiger partial charge on any atom is -0.436 e. The van der Waals surface area contributed by atoms with Crippen LogP contribution in [0.2, 0.25) is 0 Å². The van der Waals surface area contributed by atoms with Crippen molar-refractivity contribution >= 4 is 54.7 Å². The van der Waals surface area contributed by atoms with Gasteiger partial charge in [-0.2, -0.15) is 0 Å². The minimum absolute atomic E-state index is 0.547. The van der Waals surface area contributed by atoms with Gasteiger partial charge in [0.1, 0.15) is 5.52 Å². The SMILES string of the molecule is c1ccc(-c2nc(-c3ccccc3)nc(-c3ccc4oc(-c5ccc(-n6c7ccccc7c7cc8c9ccccc9n(-c9ccccc9)c8cc76)cc5)nc4c3)n2)cc1. The number of hydrogen-bond donors (Lipinski definition) is 0. The number of oxazole rings is 1. The maximum atomic E-state index is 6.36. The smallest absolute Gasteiger partial charge is 0.227 e. The largest absolute Gasteiger partial charge is 0.436 e. The third-order valence-corrected chi connectivity index (χ3v) is 11.2. The van der Waals surface area contributed by atoms with Crippen molar-refractivity contribution < 1.29 is 4.42 Å². The number of aromatic nitrogens is 6. The first-order valence-corrected chi connectivity index (χ1v) is 19.6. The van der Waals surface area contributed by atoms with E-state index in [1.165, 1.54) is 32.6 Å². The van der Waals surface area contributed by atoms with E-state index in [-0.39, 0.29) is 0 Å². The molecule has 4 heterocycles. The Morgan fingerprint density at radius 1 is 0.322 bits per heavy atom. The predicted molar refractivity (Wildman–Crippen MR) is 238 cm³/mol. The van der Waals surface area contributed by atoms with E-state index in [4.69, 9.17) is 24.4 Å². The standard InChI is InChI=1S/C52H32N6O/c1-4-14-33(15-5-1)49-54-50(34-16-6-2-7-17-34)56-51(55-49)36-26-29-48-43(30-36)53-52(59-48)35-24-27-38(28-25-35)58-45-23-13-11-21-40(45)42-31-41-39-20-10-12-22-44(39)57(46(41)32-47(42)58)37-18-8-3-9-19-37/h1-32H. The highest BCUT2D eigenvalue weighted by Crippen LogP contribution is 2.40. The summed E-state index contributed by atoms with van der Waals surface area (Å²) in [6, 6.07) is 67.0. The van der Waals surface area contributed by atoms with Crippen LogP contribution >= 0.6 is 0 Å². The molecule has 59 heavy (non-hydrogen) atoms. The topological polar surface area (TPSA) is 74.6 Å². The Morgan fingerprint density at radius 3 is 1.37 bits per heavy atom. The molecule has 12 aromatic rings. The van der Waals surface area contributed by atoms with Crippen molar-refractivity contribution in [3.63, 3.8) is 0 Å². The first kappa shape index (κ1) is 33.0. The van der Waals surface area contributed by atoms with E-state index in [1.54, 1.807) is 0 Å². The van der Waals surface area contributed by atoms with Crippen LogP contribution in [-0.2, 0) is 0 Å². The van der Waals surface area contributed by atoms with Crippen LogP contribution in [-0.4, -0.2) is 29.1 Å². The molecule has 0 saturated heterocycles. The second-order valence-electron chi connectivity index (χ2n) is 14.7. The molecular formula is C52H32N6O. The molecular weight excluding hydrogens is 725 g/mol. The molecule has 0 N–H and O–H groups in total. The van der Waals surface area contributed by atoms with Gasteiger partial charge in [0.05, 0.1) is 22.1 Å². The molecule has 0 atom stereocenters. The average Bonchev–Trinajstić information content (AvgIpc) is 3.99. The molecule has 0 amide bonds. The van der Waals surface area contributed by atoms with Gasteiger partial charge in [0.2, 0.25) is 5.89 Å². The Labute approximate surface area is 338 Å². The Kier molecular flexibility index (Phi) is 7.40. The first-order chi connectivity index (χ1) is 29.2. The summed E-state index contributed by atoms with van der Waals surface area (Å²) in [5.41, 5.74) is 11.8. The maximum Gasteiger partial charge on any atom is 0.227 e. The molecule has 4 aromatic heterocycles. The molecule has 7 heteroatoms. The van der Waals surface area contributed by atoms with Gasteiger partial charge >= 0.3 is 0 Å². The minimum atomic E-state index is 0.547. The fraction of sp³-hybridized carbons (Fsp3) is 0. The molecule has 0 aliphatic carbocycles. The van der Waals surface area contributed by atoms with Crippen LogP contribution in [0.5, 0.6) is 0 Å². The third-order valence-electron chi connectivity index (χ3n) is 11.2. The van der Waals surface area contributed by atoms with Crippen LogP contribution in [0.15, 0.2) is 199 Å². The van der Waals surface area contributed by atoms with Crippen LogP contribution in [0.3, 0.4) is 0 Å². The lowest BCUT2D eigenvalue weighted by Gasteiger charge is -2.10. The predicted octanol–water partition coefficient (Wildman–Crippen LogP) is 12.9. The number of hydrogen-bond acceptors (Lipinski definition) is 5. The number of fused-ring (bicyclic) bond motifs is 7. The maximum absolute atomic E-state index is 6.36. The van der Waals surface area contributed by atoms with Gasteiger partial charge in [-0.25, -0.2) is 19.9 Å². The van der Waals surface area contributed by atoms with Crippen molar-refractivity contribution in [1.29, 1.82) is 0 Å². The van der Waals surface area contributed by atoms with Gasteiger partial charge in [-0.1, -0.05) is 115 Å². The summed E-state index contributed by atoms with van der Waals surface area (Å²) in [5.74, 6) is 2.34. The van der Waals surface area contributed by atoms with Gasteiger partial charge in [-0.3, -0.25) is 0 Å². The van der Waals surface area contributed by atoms with Crippen molar-refractivity contribution in [2.24, 2.45) is 0 Å². The summed E-state index contributed by atoms with van der Waals surface area (Å²) in [6.45, 7) is 0. The quantitative estimate of drug-likeness (QED) is 0.169. The van der Waals surface area contributed by atoms with Crippen molar-refractivity contribution in [3.8, 4) is 57.0 Å². The summed E-state index contributed by atoms with van der Waals surface area (Å²) < 4.78 is 11.1. The van der Waals surface area contributed by atoms with Gasteiger partial charge in [-0.05, 0) is 78.9 Å². The Morgan fingerprint density at radius 2 is 0.797 bits per heavy atom. The zero-order chi connectivity index (χ0) is 38.9. The molecule has 8 aromatic carbocycles. The van der Waals surface area contributed by atoms with E-state index >= 15 is 0 Å². The normalized spacial score (nSPS) is 11.7. The molecule has 0 aliphatic heterocycles. The molecule has 0 aliphatic rings. The van der Waals surface area contributed by atoms with E-state index < -0.39 is 0 Å². The lowest BCUT2D eigenvalue weighted by Crippen LogP contribution is -2.00. The van der Waals surface area contributed by atoms with Crippen molar-refractivity contribution in [2.45, 2.75) is 0 Å². The van der Waals surface area contributed by atoms with Gasteiger partial charge in [0.15, 0.2) is 23.1 Å². The number of benzene rings is 8. The van der Waals surface area contributed by atoms with Crippen LogP contribution in [0.1, 0.15) is 0 Å². The van der Waals surface area contributed by atoms with Crippen LogP contribution in [0.25, 0.3) is 112 Å². The zero-order valence-corrected chi connectivity index (χ0v) is 31.6. The molecule has 0 fully saturated rings. The highest BCUT2D eigenvalue weighted by molar-refractivity contribution is 6.19. The van der Waals surface area contributed by atoms with Crippen LogP contribution in [0, 0.1) is 0 Å². The molecule has 12 rings (SSSR count). The fourth-order valence-electron chi connectivity index (χ4n) is 8.45. The molecule has 0 radical (unpaired) electrons. The Bertz CT molecular complexity index is 3480. The Balaban J connectivity index is 0.949. The second kappa shape index (κ2) is 13.2. The van der Waals surface area contributed by atoms with Crippen molar-refractivity contribution in [1.82, 2.24) is 29.1 Å². The van der Waals surface area contributed by atoms with Crippen molar-refractivity contribution in [2.75, 3.05) is 0 Å². The number of rotatable bonds is 6. The highest BCUT2D eigenvalue weighted by Gasteiger charge is 2.19.